The van der Waals surface area contributed by atoms with Crippen LogP contribution in [0.4, 0.5) is 5.95 Å². The van der Waals surface area contributed by atoms with Crippen molar-refractivity contribution >= 4 is 52.6 Å². The van der Waals surface area contributed by atoms with Crippen molar-refractivity contribution in [2.75, 3.05) is 12.4 Å². The molecule has 0 saturated heterocycles. The van der Waals surface area contributed by atoms with Crippen molar-refractivity contribution < 1.29 is 9.59 Å². The van der Waals surface area contributed by atoms with Gasteiger partial charge in [0.25, 0.3) is 17.4 Å². The van der Waals surface area contributed by atoms with Gasteiger partial charge in [0, 0.05) is 29.8 Å². The summed E-state index contributed by atoms with van der Waals surface area (Å²) in [4.78, 5) is 46.4. The molecule has 0 fully saturated rings. The SMILES string of the molecule is CNC(=O)c1ccc(-n2c(N[C@@H](C)c3ccccc3)nc3c(c2=O)C[C@@H](C)N(C(=O)c2ccc(Cl)c(Cl)c2)C3)c(Cl)c1. The molecule has 8 nitrogen and oxygen atoms in total. The van der Waals surface area contributed by atoms with Crippen molar-refractivity contribution in [3.05, 3.63) is 120 Å². The van der Waals surface area contributed by atoms with E-state index in [-0.39, 0.29) is 58.4 Å². The normalized spacial score (nSPS) is 15.1. The van der Waals surface area contributed by atoms with E-state index in [0.717, 1.165) is 5.56 Å². The molecule has 2 atom stereocenters. The van der Waals surface area contributed by atoms with Crippen LogP contribution in [0.15, 0.2) is 71.5 Å². The molecule has 0 radical (unpaired) electrons. The van der Waals surface area contributed by atoms with Crippen molar-refractivity contribution in [1.29, 1.82) is 0 Å². The first-order valence-electron chi connectivity index (χ1n) is 13.3. The molecule has 0 aliphatic carbocycles. The third kappa shape index (κ3) is 5.75. The molecule has 11 heteroatoms. The lowest BCUT2D eigenvalue weighted by Gasteiger charge is -2.35. The van der Waals surface area contributed by atoms with Crippen LogP contribution in [0.5, 0.6) is 0 Å². The Labute approximate surface area is 258 Å². The summed E-state index contributed by atoms with van der Waals surface area (Å²) in [6, 6.07) is 18.7. The zero-order valence-electron chi connectivity index (χ0n) is 23.1. The van der Waals surface area contributed by atoms with Crippen LogP contribution in [-0.2, 0) is 13.0 Å². The number of amides is 2. The molecular weight excluding hydrogens is 597 g/mol. The van der Waals surface area contributed by atoms with Crippen LogP contribution in [-0.4, -0.2) is 39.4 Å². The maximum Gasteiger partial charge on any atom is 0.263 e. The molecule has 216 valence electrons. The van der Waals surface area contributed by atoms with Gasteiger partial charge in [-0.25, -0.2) is 9.55 Å². The molecular formula is C31H28Cl3N5O3. The van der Waals surface area contributed by atoms with Crippen LogP contribution in [0.25, 0.3) is 5.69 Å². The summed E-state index contributed by atoms with van der Waals surface area (Å²) in [7, 11) is 1.53. The molecule has 0 bridgehead atoms. The number of aromatic nitrogens is 2. The summed E-state index contributed by atoms with van der Waals surface area (Å²) in [6.07, 6.45) is 0.288. The first-order chi connectivity index (χ1) is 20.1. The van der Waals surface area contributed by atoms with Gasteiger partial charge in [-0.2, -0.15) is 0 Å². The number of hydrogen-bond donors (Lipinski definition) is 2. The molecule has 2 heterocycles. The van der Waals surface area contributed by atoms with Crippen molar-refractivity contribution in [1.82, 2.24) is 19.8 Å². The van der Waals surface area contributed by atoms with Crippen LogP contribution in [0, 0.1) is 0 Å². The highest BCUT2D eigenvalue weighted by molar-refractivity contribution is 6.42. The second kappa shape index (κ2) is 12.2. The number of carbonyl (C=O) groups is 2. The first kappa shape index (κ1) is 29.6. The van der Waals surface area contributed by atoms with Gasteiger partial charge in [0.05, 0.1) is 39.0 Å². The number of nitrogens with one attached hydrogen (secondary N) is 2. The van der Waals surface area contributed by atoms with Gasteiger partial charge in [0.15, 0.2) is 0 Å². The van der Waals surface area contributed by atoms with Crippen LogP contribution in [0.1, 0.15) is 57.4 Å². The van der Waals surface area contributed by atoms with E-state index in [9.17, 15) is 14.4 Å². The average Bonchev–Trinajstić information content (AvgIpc) is 2.99. The molecule has 4 aromatic rings. The number of anilines is 1. The highest BCUT2D eigenvalue weighted by Gasteiger charge is 2.32. The summed E-state index contributed by atoms with van der Waals surface area (Å²) in [6.45, 7) is 3.98. The minimum Gasteiger partial charge on any atom is -0.355 e. The van der Waals surface area contributed by atoms with Gasteiger partial charge in [-0.15, -0.1) is 0 Å². The van der Waals surface area contributed by atoms with Crippen LogP contribution >= 0.6 is 34.8 Å². The third-order valence-electron chi connectivity index (χ3n) is 7.36. The minimum absolute atomic E-state index is 0.128. The van der Waals surface area contributed by atoms with Crippen LogP contribution in [0.2, 0.25) is 15.1 Å². The zero-order chi connectivity index (χ0) is 30.1. The Morgan fingerprint density at radius 2 is 1.64 bits per heavy atom. The third-order valence-corrected chi connectivity index (χ3v) is 8.41. The Morgan fingerprint density at radius 3 is 2.31 bits per heavy atom. The number of carbonyl (C=O) groups excluding carboxylic acids is 2. The van der Waals surface area contributed by atoms with E-state index in [1.54, 1.807) is 35.2 Å². The summed E-state index contributed by atoms with van der Waals surface area (Å²) >= 11 is 18.9. The van der Waals surface area contributed by atoms with E-state index < -0.39 is 0 Å². The largest absolute Gasteiger partial charge is 0.355 e. The predicted molar refractivity (Wildman–Crippen MR) is 166 cm³/mol. The quantitative estimate of drug-likeness (QED) is 0.262. The van der Waals surface area contributed by atoms with Gasteiger partial charge in [0.1, 0.15) is 0 Å². The lowest BCUT2D eigenvalue weighted by Crippen LogP contribution is -2.46. The Kier molecular flexibility index (Phi) is 8.59. The second-order valence-electron chi connectivity index (χ2n) is 10.1. The van der Waals surface area contributed by atoms with E-state index in [4.69, 9.17) is 39.8 Å². The van der Waals surface area contributed by atoms with Gasteiger partial charge in [0.2, 0.25) is 5.95 Å². The van der Waals surface area contributed by atoms with Crippen LogP contribution < -0.4 is 16.2 Å². The fourth-order valence-corrected chi connectivity index (χ4v) is 5.60. The smallest absolute Gasteiger partial charge is 0.263 e. The number of halogens is 3. The fraction of sp³-hybridized carbons (Fsp3) is 0.226. The topological polar surface area (TPSA) is 96.3 Å². The fourth-order valence-electron chi connectivity index (χ4n) is 5.04. The molecule has 2 amide bonds. The second-order valence-corrected chi connectivity index (χ2v) is 11.4. The Morgan fingerprint density at radius 1 is 0.952 bits per heavy atom. The molecule has 1 aliphatic heterocycles. The van der Waals surface area contributed by atoms with Gasteiger partial charge >= 0.3 is 0 Å². The molecule has 2 N–H and O–H groups in total. The van der Waals surface area contributed by atoms with Crippen molar-refractivity contribution in [3.8, 4) is 5.69 Å². The molecule has 42 heavy (non-hydrogen) atoms. The molecule has 1 aliphatic rings. The minimum atomic E-state index is -0.300. The number of nitrogens with zero attached hydrogens (tertiary/aromatic N) is 3. The van der Waals surface area contributed by atoms with Crippen molar-refractivity contribution in [2.45, 2.75) is 38.9 Å². The summed E-state index contributed by atoms with van der Waals surface area (Å²) in [5, 5.41) is 6.81. The summed E-state index contributed by atoms with van der Waals surface area (Å²) in [5.41, 5.74) is 2.81. The maximum absolute atomic E-state index is 14.2. The summed E-state index contributed by atoms with van der Waals surface area (Å²) < 4.78 is 1.44. The molecule has 0 spiro atoms. The van der Waals surface area contributed by atoms with Gasteiger partial charge < -0.3 is 15.5 Å². The van der Waals surface area contributed by atoms with Crippen molar-refractivity contribution in [2.24, 2.45) is 0 Å². The van der Waals surface area contributed by atoms with E-state index in [2.05, 4.69) is 10.6 Å². The Balaban J connectivity index is 1.60. The van der Waals surface area contributed by atoms with E-state index >= 15 is 0 Å². The highest BCUT2D eigenvalue weighted by Crippen LogP contribution is 2.30. The lowest BCUT2D eigenvalue weighted by atomic mass is 9.98. The first-order valence-corrected chi connectivity index (χ1v) is 14.5. The van der Waals surface area contributed by atoms with E-state index in [0.29, 0.717) is 33.1 Å². The Hall–Kier alpha value is -3.85. The van der Waals surface area contributed by atoms with Gasteiger partial charge in [-0.3, -0.25) is 14.4 Å². The molecule has 3 aromatic carbocycles. The number of fused-ring (bicyclic) bond motifs is 1. The van der Waals surface area contributed by atoms with Gasteiger partial charge in [-0.1, -0.05) is 65.1 Å². The van der Waals surface area contributed by atoms with E-state index in [1.165, 1.54) is 17.7 Å². The summed E-state index contributed by atoms with van der Waals surface area (Å²) in [5.74, 6) is -0.269. The standard InChI is InChI=1S/C31H28Cl3N5O3/c1-17-13-22-26(16-38(17)29(41)21-9-11-23(32)24(33)15-21)37-31(36-18(2)19-7-5-4-6-8-19)39(30(22)42)27-12-10-20(14-25(27)34)28(40)35-3/h4-12,14-15,17-18H,13,16H2,1-3H3,(H,35,40)(H,36,37)/t17-,18+/m1/s1. The van der Waals surface area contributed by atoms with Crippen molar-refractivity contribution in [3.63, 3.8) is 0 Å². The van der Waals surface area contributed by atoms with Crippen LogP contribution in [0.3, 0.4) is 0 Å². The van der Waals surface area contributed by atoms with Gasteiger partial charge in [-0.05, 0) is 62.2 Å². The van der Waals surface area contributed by atoms with E-state index in [1.807, 2.05) is 44.2 Å². The number of hydrogen-bond acceptors (Lipinski definition) is 5. The average molecular weight is 625 g/mol. The monoisotopic (exact) mass is 623 g/mol. The lowest BCUT2D eigenvalue weighted by molar-refractivity contribution is 0.0653. The Bertz CT molecular complexity index is 1740. The predicted octanol–water partition coefficient (Wildman–Crippen LogP) is 6.31. The molecule has 0 unspecified atom stereocenters. The molecule has 1 aromatic heterocycles. The number of benzene rings is 3. The zero-order valence-corrected chi connectivity index (χ0v) is 25.4. The maximum atomic E-state index is 14.2. The molecule has 0 saturated carbocycles. The number of rotatable bonds is 6. The molecule has 5 rings (SSSR count). The highest BCUT2D eigenvalue weighted by atomic mass is 35.5.